The van der Waals surface area contributed by atoms with Gasteiger partial charge in [0.1, 0.15) is 5.82 Å². The van der Waals surface area contributed by atoms with Crippen LogP contribution in [0.1, 0.15) is 11.1 Å². The van der Waals surface area contributed by atoms with E-state index in [4.69, 9.17) is 10.4 Å². The lowest BCUT2D eigenvalue weighted by atomic mass is 10.00. The Labute approximate surface area is 93.7 Å². The molecule has 0 aromatic heterocycles. The molecule has 1 aromatic rings. The number of hydrogen-bond donors (Lipinski definition) is 1. The number of aliphatic hydroxyl groups is 1. The second-order valence-electron chi connectivity index (χ2n) is 4.20. The van der Waals surface area contributed by atoms with Gasteiger partial charge in [-0.15, -0.1) is 0 Å². The SMILES string of the molecule is N#Cc1cc(F)cc(CN2CC(CO)C2)c1. The molecule has 1 fully saturated rings. The predicted molar refractivity (Wildman–Crippen MR) is 57.0 cm³/mol. The fourth-order valence-electron chi connectivity index (χ4n) is 1.99. The molecule has 1 aliphatic rings. The van der Waals surface area contributed by atoms with E-state index in [1.807, 2.05) is 6.07 Å². The number of rotatable bonds is 3. The molecule has 1 aromatic carbocycles. The van der Waals surface area contributed by atoms with E-state index in [0.29, 0.717) is 18.0 Å². The summed E-state index contributed by atoms with van der Waals surface area (Å²) in [5.41, 5.74) is 1.17. The molecule has 1 N–H and O–H groups in total. The minimum Gasteiger partial charge on any atom is -0.396 e. The minimum atomic E-state index is -0.367. The highest BCUT2D eigenvalue weighted by atomic mass is 19.1. The van der Waals surface area contributed by atoms with Gasteiger partial charge in [0.05, 0.1) is 11.6 Å². The molecule has 0 bridgehead atoms. The Morgan fingerprint density at radius 2 is 2.19 bits per heavy atom. The van der Waals surface area contributed by atoms with Crippen LogP contribution < -0.4 is 0 Å². The molecule has 1 heterocycles. The van der Waals surface area contributed by atoms with Gasteiger partial charge in [-0.05, 0) is 23.8 Å². The summed E-state index contributed by atoms with van der Waals surface area (Å²) in [6.07, 6.45) is 0. The standard InChI is InChI=1S/C12H13FN2O/c13-12-2-9(4-14)1-10(3-12)5-15-6-11(7-15)8-16/h1-3,11,16H,5-8H2. The maximum absolute atomic E-state index is 13.1. The summed E-state index contributed by atoms with van der Waals surface area (Å²) in [6, 6.07) is 6.33. The van der Waals surface area contributed by atoms with Gasteiger partial charge in [-0.25, -0.2) is 4.39 Å². The third-order valence-corrected chi connectivity index (χ3v) is 2.78. The second kappa shape index (κ2) is 4.60. The smallest absolute Gasteiger partial charge is 0.124 e. The highest BCUT2D eigenvalue weighted by Crippen LogP contribution is 2.19. The van der Waals surface area contributed by atoms with Gasteiger partial charge in [0.25, 0.3) is 0 Å². The Kier molecular flexibility index (Phi) is 3.18. The monoisotopic (exact) mass is 220 g/mol. The number of likely N-dealkylation sites (tertiary alicyclic amines) is 1. The maximum atomic E-state index is 13.1. The van der Waals surface area contributed by atoms with Crippen LogP contribution in [0, 0.1) is 23.1 Å². The molecule has 0 atom stereocenters. The number of nitrogens with zero attached hydrogens (tertiary/aromatic N) is 2. The van der Waals surface area contributed by atoms with E-state index in [2.05, 4.69) is 4.90 Å². The number of halogens is 1. The molecule has 3 nitrogen and oxygen atoms in total. The predicted octanol–water partition coefficient (Wildman–Crippen LogP) is 1.12. The number of hydrogen-bond acceptors (Lipinski definition) is 3. The molecule has 0 unspecified atom stereocenters. The molecule has 84 valence electrons. The van der Waals surface area contributed by atoms with Crippen LogP contribution in [0.3, 0.4) is 0 Å². The van der Waals surface area contributed by atoms with Gasteiger partial charge in [0, 0.05) is 32.2 Å². The van der Waals surface area contributed by atoms with Crippen molar-refractivity contribution in [3.63, 3.8) is 0 Å². The van der Waals surface area contributed by atoms with Crippen molar-refractivity contribution in [2.24, 2.45) is 5.92 Å². The lowest BCUT2D eigenvalue weighted by Gasteiger charge is -2.38. The quantitative estimate of drug-likeness (QED) is 0.830. The van der Waals surface area contributed by atoms with Crippen molar-refractivity contribution >= 4 is 0 Å². The van der Waals surface area contributed by atoms with Gasteiger partial charge in [0.15, 0.2) is 0 Å². The van der Waals surface area contributed by atoms with Crippen molar-refractivity contribution < 1.29 is 9.50 Å². The number of benzene rings is 1. The Morgan fingerprint density at radius 3 is 2.81 bits per heavy atom. The van der Waals surface area contributed by atoms with E-state index < -0.39 is 0 Å². The van der Waals surface area contributed by atoms with Crippen LogP contribution in [-0.4, -0.2) is 29.7 Å². The summed E-state index contributed by atoms with van der Waals surface area (Å²) >= 11 is 0. The first kappa shape index (κ1) is 11.1. The van der Waals surface area contributed by atoms with E-state index in [9.17, 15) is 4.39 Å². The number of nitriles is 1. The molecule has 0 saturated carbocycles. The first-order valence-corrected chi connectivity index (χ1v) is 5.24. The Balaban J connectivity index is 2.00. The minimum absolute atomic E-state index is 0.211. The molecule has 0 radical (unpaired) electrons. The molecule has 1 aliphatic heterocycles. The van der Waals surface area contributed by atoms with Gasteiger partial charge in [-0.1, -0.05) is 0 Å². The molecular formula is C12H13FN2O. The summed E-state index contributed by atoms with van der Waals surface area (Å²) in [7, 11) is 0. The highest BCUT2D eigenvalue weighted by Gasteiger charge is 2.25. The van der Waals surface area contributed by atoms with Crippen LogP contribution in [0.2, 0.25) is 0 Å². The van der Waals surface area contributed by atoms with Crippen LogP contribution >= 0.6 is 0 Å². The van der Waals surface area contributed by atoms with Crippen molar-refractivity contribution in [2.45, 2.75) is 6.54 Å². The van der Waals surface area contributed by atoms with Crippen LogP contribution in [0.5, 0.6) is 0 Å². The Hall–Kier alpha value is -1.44. The average molecular weight is 220 g/mol. The van der Waals surface area contributed by atoms with Gasteiger partial charge in [0.2, 0.25) is 0 Å². The first-order valence-electron chi connectivity index (χ1n) is 5.24. The van der Waals surface area contributed by atoms with Crippen LogP contribution in [-0.2, 0) is 6.54 Å². The molecule has 0 amide bonds. The van der Waals surface area contributed by atoms with E-state index in [1.165, 1.54) is 12.1 Å². The fourth-order valence-corrected chi connectivity index (χ4v) is 1.99. The lowest BCUT2D eigenvalue weighted by Crippen LogP contribution is -2.47. The van der Waals surface area contributed by atoms with E-state index in [-0.39, 0.29) is 12.4 Å². The summed E-state index contributed by atoms with van der Waals surface area (Å²) < 4.78 is 13.1. The van der Waals surface area contributed by atoms with Crippen molar-refractivity contribution in [1.29, 1.82) is 5.26 Å². The Bertz CT molecular complexity index is 422. The van der Waals surface area contributed by atoms with Gasteiger partial charge in [-0.2, -0.15) is 5.26 Å². The highest BCUT2D eigenvalue weighted by molar-refractivity contribution is 5.33. The summed E-state index contributed by atoms with van der Waals surface area (Å²) in [5, 5.41) is 17.6. The zero-order chi connectivity index (χ0) is 11.5. The zero-order valence-corrected chi connectivity index (χ0v) is 8.86. The van der Waals surface area contributed by atoms with Crippen molar-refractivity contribution in [3.05, 3.63) is 35.1 Å². The normalized spacial score (nSPS) is 16.8. The molecule has 4 heteroatoms. The van der Waals surface area contributed by atoms with Gasteiger partial charge in [-0.3, -0.25) is 4.90 Å². The maximum Gasteiger partial charge on any atom is 0.124 e. The molecule has 2 rings (SSSR count). The van der Waals surface area contributed by atoms with Crippen LogP contribution in [0.15, 0.2) is 18.2 Å². The van der Waals surface area contributed by atoms with Crippen molar-refractivity contribution in [3.8, 4) is 6.07 Å². The van der Waals surface area contributed by atoms with E-state index in [0.717, 1.165) is 18.7 Å². The van der Waals surface area contributed by atoms with Crippen molar-refractivity contribution in [2.75, 3.05) is 19.7 Å². The number of aliphatic hydroxyl groups excluding tert-OH is 1. The lowest BCUT2D eigenvalue weighted by molar-refractivity contribution is 0.0478. The van der Waals surface area contributed by atoms with E-state index in [1.54, 1.807) is 6.07 Å². The molecule has 0 spiro atoms. The summed E-state index contributed by atoms with van der Waals surface area (Å²) in [5.74, 6) is -0.0164. The Morgan fingerprint density at radius 1 is 1.44 bits per heavy atom. The third kappa shape index (κ3) is 2.38. The first-order chi connectivity index (χ1) is 7.71. The summed E-state index contributed by atoms with van der Waals surface area (Å²) in [6.45, 7) is 2.54. The fraction of sp³-hybridized carbons (Fsp3) is 0.417. The van der Waals surface area contributed by atoms with Gasteiger partial charge < -0.3 is 5.11 Å². The average Bonchev–Trinajstić information content (AvgIpc) is 2.22. The molecule has 1 saturated heterocycles. The summed E-state index contributed by atoms with van der Waals surface area (Å²) in [4.78, 5) is 2.12. The van der Waals surface area contributed by atoms with Crippen LogP contribution in [0.4, 0.5) is 4.39 Å². The molecule has 0 aliphatic carbocycles. The molecule has 16 heavy (non-hydrogen) atoms. The second-order valence-corrected chi connectivity index (χ2v) is 4.20. The zero-order valence-electron chi connectivity index (χ0n) is 8.86. The third-order valence-electron chi connectivity index (χ3n) is 2.78. The van der Waals surface area contributed by atoms with Gasteiger partial charge >= 0.3 is 0 Å². The van der Waals surface area contributed by atoms with E-state index >= 15 is 0 Å². The van der Waals surface area contributed by atoms with Crippen molar-refractivity contribution in [1.82, 2.24) is 4.90 Å². The topological polar surface area (TPSA) is 47.3 Å². The molecular weight excluding hydrogens is 207 g/mol. The van der Waals surface area contributed by atoms with Crippen LogP contribution in [0.25, 0.3) is 0 Å². The largest absolute Gasteiger partial charge is 0.396 e.